The van der Waals surface area contributed by atoms with Crippen LogP contribution in [-0.2, 0) is 9.59 Å². The highest BCUT2D eigenvalue weighted by Gasteiger charge is 2.68. The van der Waals surface area contributed by atoms with E-state index in [-0.39, 0.29) is 0 Å². The van der Waals surface area contributed by atoms with Crippen LogP contribution in [0.25, 0.3) is 0 Å². The minimum Gasteiger partial charge on any atom is -0.478 e. The summed E-state index contributed by atoms with van der Waals surface area (Å²) in [6, 6.07) is 0. The smallest absolute Gasteiger partial charge is 0.352 e. The number of aliphatic carboxylic acids is 2. The van der Waals surface area contributed by atoms with Crippen molar-refractivity contribution in [3.63, 3.8) is 0 Å². The first-order valence-electron chi connectivity index (χ1n) is 5.95. The number of halogens is 4. The molecule has 2 N–H and O–H groups in total. The van der Waals surface area contributed by atoms with Gasteiger partial charge in [-0.15, -0.1) is 13.2 Å². The minimum absolute atomic E-state index is 0.689. The maximum atomic E-state index is 15.1. The van der Waals surface area contributed by atoms with Crippen molar-refractivity contribution < 1.29 is 37.4 Å². The highest BCUT2D eigenvalue weighted by molar-refractivity contribution is 5.96. The summed E-state index contributed by atoms with van der Waals surface area (Å²) in [5.74, 6) is -9.56. The topological polar surface area (TPSA) is 74.6 Å². The Balaban J connectivity index is 3.92. The number of carbonyl (C=O) groups is 2. The lowest BCUT2D eigenvalue weighted by Gasteiger charge is -2.39. The van der Waals surface area contributed by atoms with Gasteiger partial charge in [-0.05, 0) is 12.0 Å². The van der Waals surface area contributed by atoms with E-state index in [0.717, 1.165) is 12.2 Å². The van der Waals surface area contributed by atoms with Crippen LogP contribution in [0.5, 0.6) is 0 Å². The molecule has 0 aliphatic heterocycles. The Labute approximate surface area is 122 Å². The molecule has 8 heteroatoms. The summed E-state index contributed by atoms with van der Waals surface area (Å²) in [4.78, 5) is 22.1. The van der Waals surface area contributed by atoms with Gasteiger partial charge < -0.3 is 10.2 Å². The molecule has 2 atom stereocenters. The molecule has 0 spiro atoms. The van der Waals surface area contributed by atoms with Crippen LogP contribution in [0.15, 0.2) is 48.1 Å². The SMILES string of the molecule is C=CCC1=C(C(=O)O)C(F)=C(F)C(F)(C(=O)O)C1(F)CC=C. The summed E-state index contributed by atoms with van der Waals surface area (Å²) in [5, 5.41) is 17.8. The van der Waals surface area contributed by atoms with Crippen molar-refractivity contribution in [1.82, 2.24) is 0 Å². The number of hydrogen-bond acceptors (Lipinski definition) is 2. The number of carboxylic acids is 2. The first-order valence-corrected chi connectivity index (χ1v) is 5.95. The van der Waals surface area contributed by atoms with Gasteiger partial charge in [0.15, 0.2) is 17.3 Å². The van der Waals surface area contributed by atoms with Crippen LogP contribution in [0.1, 0.15) is 12.8 Å². The monoisotopic (exact) mass is 320 g/mol. The van der Waals surface area contributed by atoms with Gasteiger partial charge in [-0.3, -0.25) is 0 Å². The van der Waals surface area contributed by atoms with Crippen molar-refractivity contribution in [1.29, 1.82) is 0 Å². The Morgan fingerprint density at radius 3 is 2.05 bits per heavy atom. The summed E-state index contributed by atoms with van der Waals surface area (Å²) >= 11 is 0. The molecule has 0 aromatic heterocycles. The largest absolute Gasteiger partial charge is 0.478 e. The number of hydrogen-bond donors (Lipinski definition) is 2. The molecular formula is C14H12F4O4. The van der Waals surface area contributed by atoms with Crippen LogP contribution < -0.4 is 0 Å². The third-order valence-corrected chi connectivity index (χ3v) is 3.32. The van der Waals surface area contributed by atoms with Gasteiger partial charge in [-0.2, -0.15) is 0 Å². The first kappa shape index (κ1) is 17.7. The van der Waals surface area contributed by atoms with Crippen molar-refractivity contribution in [2.45, 2.75) is 24.2 Å². The Morgan fingerprint density at radius 2 is 1.68 bits per heavy atom. The maximum absolute atomic E-state index is 15.1. The van der Waals surface area contributed by atoms with E-state index in [4.69, 9.17) is 10.2 Å². The van der Waals surface area contributed by atoms with Gasteiger partial charge in [0.1, 0.15) is 5.57 Å². The third-order valence-electron chi connectivity index (χ3n) is 3.32. The molecular weight excluding hydrogens is 308 g/mol. The summed E-state index contributed by atoms with van der Waals surface area (Å²) in [5.41, 5.74) is -10.6. The molecule has 0 radical (unpaired) electrons. The molecule has 0 heterocycles. The Morgan fingerprint density at radius 1 is 1.14 bits per heavy atom. The van der Waals surface area contributed by atoms with E-state index in [0.29, 0.717) is 0 Å². The molecule has 0 amide bonds. The van der Waals surface area contributed by atoms with E-state index in [1.807, 2.05) is 0 Å². The molecule has 22 heavy (non-hydrogen) atoms. The predicted molar refractivity (Wildman–Crippen MR) is 68.8 cm³/mol. The van der Waals surface area contributed by atoms with E-state index < -0.39 is 58.9 Å². The van der Waals surface area contributed by atoms with E-state index in [9.17, 15) is 22.8 Å². The molecule has 1 aliphatic carbocycles. The van der Waals surface area contributed by atoms with Crippen LogP contribution in [0.3, 0.4) is 0 Å². The van der Waals surface area contributed by atoms with Crippen LogP contribution in [-0.4, -0.2) is 33.5 Å². The highest BCUT2D eigenvalue weighted by atomic mass is 19.2. The molecule has 4 nitrogen and oxygen atoms in total. The Kier molecular flexibility index (Phi) is 4.64. The summed E-state index contributed by atoms with van der Waals surface area (Å²) < 4.78 is 57.5. The standard InChI is InChI=1S/C14H12F4O4/c1-3-5-7-8(11(19)20)9(15)10(16)14(18,12(21)22)13(7,17)6-4-2/h3-4H,1-2,5-6H2,(H,19,20)(H,21,22). The number of carboxylic acid groups (broad SMARTS) is 2. The third kappa shape index (κ3) is 2.15. The molecule has 0 aromatic rings. The van der Waals surface area contributed by atoms with Crippen LogP contribution in [0, 0.1) is 0 Å². The van der Waals surface area contributed by atoms with E-state index >= 15 is 4.39 Å². The van der Waals surface area contributed by atoms with Gasteiger partial charge in [0.2, 0.25) is 0 Å². The Hall–Kier alpha value is -2.38. The van der Waals surface area contributed by atoms with Gasteiger partial charge in [-0.25, -0.2) is 27.2 Å². The normalized spacial score (nSPS) is 28.5. The van der Waals surface area contributed by atoms with Gasteiger partial charge in [0.05, 0.1) is 0 Å². The fraction of sp³-hybridized carbons (Fsp3) is 0.286. The highest BCUT2D eigenvalue weighted by Crippen LogP contribution is 2.53. The lowest BCUT2D eigenvalue weighted by Crippen LogP contribution is -2.57. The molecule has 1 rings (SSSR count). The molecule has 0 saturated carbocycles. The summed E-state index contributed by atoms with van der Waals surface area (Å²) in [7, 11) is 0. The van der Waals surface area contributed by atoms with Crippen molar-refractivity contribution in [2.75, 3.05) is 0 Å². The summed E-state index contributed by atoms with van der Waals surface area (Å²) in [6.07, 6.45) is -0.0904. The summed E-state index contributed by atoms with van der Waals surface area (Å²) in [6.45, 7) is 6.29. The zero-order valence-corrected chi connectivity index (χ0v) is 11.2. The Bertz CT molecular complexity index is 622. The zero-order chi connectivity index (χ0) is 17.3. The lowest BCUT2D eigenvalue weighted by molar-refractivity contribution is -0.159. The molecule has 2 unspecified atom stereocenters. The molecule has 0 bridgehead atoms. The van der Waals surface area contributed by atoms with Crippen LogP contribution in [0.4, 0.5) is 17.6 Å². The number of allylic oxidation sites excluding steroid dienone is 3. The zero-order valence-electron chi connectivity index (χ0n) is 11.2. The fourth-order valence-corrected chi connectivity index (χ4v) is 2.33. The van der Waals surface area contributed by atoms with Gasteiger partial charge in [0.25, 0.3) is 5.67 Å². The predicted octanol–water partition coefficient (Wildman–Crippen LogP) is 3.19. The second kappa shape index (κ2) is 5.78. The number of alkyl halides is 2. The number of rotatable bonds is 6. The van der Waals surface area contributed by atoms with Crippen molar-refractivity contribution >= 4 is 11.9 Å². The molecule has 0 fully saturated rings. The van der Waals surface area contributed by atoms with Gasteiger partial charge in [-0.1, -0.05) is 12.2 Å². The molecule has 1 aliphatic rings. The minimum atomic E-state index is -4.40. The van der Waals surface area contributed by atoms with Crippen molar-refractivity contribution in [3.05, 3.63) is 48.1 Å². The average molecular weight is 320 g/mol. The first-order chi connectivity index (χ1) is 10.1. The van der Waals surface area contributed by atoms with E-state index in [2.05, 4.69) is 13.2 Å². The van der Waals surface area contributed by atoms with Crippen molar-refractivity contribution in [2.24, 2.45) is 0 Å². The molecule has 0 aromatic carbocycles. The van der Waals surface area contributed by atoms with E-state index in [1.165, 1.54) is 0 Å². The maximum Gasteiger partial charge on any atom is 0.352 e. The second-order valence-electron chi connectivity index (χ2n) is 4.54. The quantitative estimate of drug-likeness (QED) is 0.582. The second-order valence-corrected chi connectivity index (χ2v) is 4.54. The van der Waals surface area contributed by atoms with E-state index in [1.54, 1.807) is 0 Å². The lowest BCUT2D eigenvalue weighted by atomic mass is 9.70. The van der Waals surface area contributed by atoms with Crippen molar-refractivity contribution in [3.8, 4) is 0 Å². The average Bonchev–Trinajstić information content (AvgIpc) is 2.42. The fourth-order valence-electron chi connectivity index (χ4n) is 2.33. The van der Waals surface area contributed by atoms with Crippen LogP contribution in [0.2, 0.25) is 0 Å². The van der Waals surface area contributed by atoms with Gasteiger partial charge >= 0.3 is 11.9 Å². The van der Waals surface area contributed by atoms with Crippen LogP contribution >= 0.6 is 0 Å². The molecule has 0 saturated heterocycles. The molecule has 120 valence electrons. The van der Waals surface area contributed by atoms with Gasteiger partial charge in [0, 0.05) is 6.42 Å².